The van der Waals surface area contributed by atoms with Crippen molar-refractivity contribution < 1.29 is 31.1 Å². The Labute approximate surface area is 145 Å². The first-order valence-electron chi connectivity index (χ1n) is 6.48. The number of hydrogen-bond donors (Lipinski definition) is 1. The fraction of sp³-hybridized carbons (Fsp3) is 0.143. The van der Waals surface area contributed by atoms with Crippen LogP contribution in [0, 0.1) is 0 Å². The van der Waals surface area contributed by atoms with Crippen LogP contribution < -0.4 is 10.1 Å². The molecule has 25 heavy (non-hydrogen) atoms. The van der Waals surface area contributed by atoms with Crippen LogP contribution in [0.4, 0.5) is 18.9 Å². The molecule has 0 spiro atoms. The summed E-state index contributed by atoms with van der Waals surface area (Å²) in [4.78, 5) is 15.7. The predicted octanol–water partition coefficient (Wildman–Crippen LogP) is 3.29. The van der Waals surface area contributed by atoms with Gasteiger partial charge in [-0.1, -0.05) is 11.6 Å². The highest BCUT2D eigenvalue weighted by atomic mass is 35.5. The van der Waals surface area contributed by atoms with Crippen LogP contribution in [-0.2, 0) is 9.84 Å². The third-order valence-corrected chi connectivity index (χ3v) is 4.23. The molecule has 1 amide bonds. The van der Waals surface area contributed by atoms with Gasteiger partial charge in [-0.05, 0) is 24.3 Å². The molecule has 0 saturated heterocycles. The van der Waals surface area contributed by atoms with Gasteiger partial charge in [-0.15, -0.1) is 13.2 Å². The quantitative estimate of drug-likeness (QED) is 0.860. The molecule has 0 bridgehead atoms. The topological polar surface area (TPSA) is 85.4 Å². The summed E-state index contributed by atoms with van der Waals surface area (Å²) in [5.74, 6) is -1.25. The van der Waals surface area contributed by atoms with Crippen LogP contribution in [0.1, 0.15) is 10.5 Å². The van der Waals surface area contributed by atoms with E-state index in [1.165, 1.54) is 12.1 Å². The van der Waals surface area contributed by atoms with Crippen molar-refractivity contribution in [2.75, 3.05) is 11.6 Å². The molecule has 0 unspecified atom stereocenters. The molecule has 0 radical (unpaired) electrons. The molecule has 2 rings (SSSR count). The van der Waals surface area contributed by atoms with Crippen LogP contribution >= 0.6 is 11.6 Å². The summed E-state index contributed by atoms with van der Waals surface area (Å²) in [5, 5.41) is 2.18. The number of hydrogen-bond acceptors (Lipinski definition) is 5. The lowest BCUT2D eigenvalue weighted by Gasteiger charge is -2.11. The Morgan fingerprint density at radius 1 is 1.24 bits per heavy atom. The Morgan fingerprint density at radius 2 is 1.92 bits per heavy atom. The molecule has 2 aromatic rings. The van der Waals surface area contributed by atoms with E-state index in [4.69, 9.17) is 11.6 Å². The van der Waals surface area contributed by atoms with Crippen molar-refractivity contribution in [1.29, 1.82) is 0 Å². The number of alkyl halides is 3. The van der Waals surface area contributed by atoms with E-state index in [9.17, 15) is 26.4 Å². The molecule has 1 aromatic heterocycles. The number of halogens is 4. The first-order chi connectivity index (χ1) is 11.5. The third-order valence-electron chi connectivity index (χ3n) is 2.82. The first kappa shape index (κ1) is 19.0. The number of nitrogens with zero attached hydrogens (tertiary/aromatic N) is 1. The Balaban J connectivity index is 2.15. The Kier molecular flexibility index (Phi) is 5.23. The number of anilines is 1. The zero-order chi connectivity index (χ0) is 18.8. The Bertz CT molecular complexity index is 899. The summed E-state index contributed by atoms with van der Waals surface area (Å²) in [5.41, 5.74) is -0.0609. The van der Waals surface area contributed by atoms with Crippen LogP contribution in [0.25, 0.3) is 0 Å². The van der Waals surface area contributed by atoms with Gasteiger partial charge in [0, 0.05) is 18.5 Å². The van der Waals surface area contributed by atoms with Crippen LogP contribution in [0.3, 0.4) is 0 Å². The molecule has 0 aliphatic rings. The highest BCUT2D eigenvalue weighted by Crippen LogP contribution is 2.30. The van der Waals surface area contributed by atoms with Gasteiger partial charge in [0.2, 0.25) is 0 Å². The maximum absolute atomic E-state index is 12.1. The van der Waals surface area contributed by atoms with Gasteiger partial charge in [-0.3, -0.25) is 4.79 Å². The van der Waals surface area contributed by atoms with Crippen molar-refractivity contribution in [3.8, 4) is 5.75 Å². The van der Waals surface area contributed by atoms with E-state index in [-0.39, 0.29) is 21.3 Å². The van der Waals surface area contributed by atoms with Crippen LogP contribution in [0.2, 0.25) is 5.02 Å². The number of ether oxygens (including phenoxy) is 1. The number of pyridine rings is 1. The number of sulfone groups is 1. The average Bonchev–Trinajstić information content (AvgIpc) is 2.47. The SMILES string of the molecule is CS(=O)(=O)c1ccc(C(=O)Nc2ccc(OC(F)(F)F)cc2Cl)nc1. The van der Waals surface area contributed by atoms with Crippen molar-refractivity contribution in [3.05, 3.63) is 47.2 Å². The smallest absolute Gasteiger partial charge is 0.406 e. The van der Waals surface area contributed by atoms with Crippen molar-refractivity contribution in [2.24, 2.45) is 0 Å². The van der Waals surface area contributed by atoms with E-state index in [1.807, 2.05) is 0 Å². The normalized spacial score (nSPS) is 11.9. The second-order valence-electron chi connectivity index (χ2n) is 4.79. The minimum atomic E-state index is -4.86. The number of rotatable bonds is 4. The van der Waals surface area contributed by atoms with Gasteiger partial charge in [0.15, 0.2) is 9.84 Å². The molecule has 0 fully saturated rings. The van der Waals surface area contributed by atoms with Crippen LogP contribution in [-0.4, -0.2) is 31.9 Å². The zero-order valence-corrected chi connectivity index (χ0v) is 14.0. The lowest BCUT2D eigenvalue weighted by molar-refractivity contribution is -0.274. The summed E-state index contributed by atoms with van der Waals surface area (Å²) in [7, 11) is -3.45. The molecule has 1 aromatic carbocycles. The van der Waals surface area contributed by atoms with Crippen molar-refractivity contribution in [2.45, 2.75) is 11.3 Å². The predicted molar refractivity (Wildman–Crippen MR) is 83.4 cm³/mol. The fourth-order valence-electron chi connectivity index (χ4n) is 1.71. The third kappa shape index (κ3) is 5.33. The Morgan fingerprint density at radius 3 is 2.40 bits per heavy atom. The van der Waals surface area contributed by atoms with Gasteiger partial charge >= 0.3 is 6.36 Å². The highest BCUT2D eigenvalue weighted by Gasteiger charge is 2.31. The second-order valence-corrected chi connectivity index (χ2v) is 7.22. The second kappa shape index (κ2) is 6.89. The molecule has 11 heteroatoms. The molecule has 1 N–H and O–H groups in total. The van der Waals surface area contributed by atoms with Crippen molar-refractivity contribution in [3.63, 3.8) is 0 Å². The lowest BCUT2D eigenvalue weighted by atomic mass is 10.2. The van der Waals surface area contributed by atoms with Gasteiger partial charge in [0.1, 0.15) is 11.4 Å². The van der Waals surface area contributed by atoms with E-state index in [0.717, 1.165) is 30.7 Å². The van der Waals surface area contributed by atoms with Gasteiger partial charge in [-0.2, -0.15) is 0 Å². The van der Waals surface area contributed by atoms with E-state index in [1.54, 1.807) is 0 Å². The monoisotopic (exact) mass is 394 g/mol. The minimum absolute atomic E-state index is 0.0372. The number of aromatic nitrogens is 1. The standard InChI is InChI=1S/C14H10ClF3N2O4S/c1-25(22,23)9-3-5-12(19-7-9)13(21)20-11-4-2-8(6-10(11)15)24-14(16,17)18/h2-7H,1H3,(H,20,21). The molecule has 0 aliphatic carbocycles. The molecule has 6 nitrogen and oxygen atoms in total. The van der Waals surface area contributed by atoms with Gasteiger partial charge < -0.3 is 10.1 Å². The van der Waals surface area contributed by atoms with E-state index in [2.05, 4.69) is 15.0 Å². The maximum Gasteiger partial charge on any atom is 0.573 e. The summed E-state index contributed by atoms with van der Waals surface area (Å²) >= 11 is 5.81. The summed E-state index contributed by atoms with van der Waals surface area (Å²) in [6.45, 7) is 0. The van der Waals surface area contributed by atoms with Crippen molar-refractivity contribution >= 4 is 33.0 Å². The summed E-state index contributed by atoms with van der Waals surface area (Å²) < 4.78 is 62.8. The van der Waals surface area contributed by atoms with Gasteiger partial charge in [0.05, 0.1) is 15.6 Å². The average molecular weight is 395 g/mol. The molecule has 0 saturated carbocycles. The number of benzene rings is 1. The Hall–Kier alpha value is -2.33. The molecule has 0 atom stereocenters. The number of nitrogens with one attached hydrogen (secondary N) is 1. The molecular formula is C14H10ClF3N2O4S. The molecule has 1 heterocycles. The number of amides is 1. The van der Waals surface area contributed by atoms with Gasteiger partial charge in [0.25, 0.3) is 5.91 Å². The molecular weight excluding hydrogens is 385 g/mol. The van der Waals surface area contributed by atoms with Gasteiger partial charge in [-0.25, -0.2) is 13.4 Å². The number of carbonyl (C=O) groups excluding carboxylic acids is 1. The van der Waals surface area contributed by atoms with Crippen molar-refractivity contribution in [1.82, 2.24) is 4.98 Å². The zero-order valence-electron chi connectivity index (χ0n) is 12.5. The molecule has 134 valence electrons. The molecule has 0 aliphatic heterocycles. The van der Waals surface area contributed by atoms with E-state index >= 15 is 0 Å². The van der Waals surface area contributed by atoms with E-state index < -0.39 is 27.9 Å². The first-order valence-corrected chi connectivity index (χ1v) is 8.75. The van der Waals surface area contributed by atoms with E-state index in [0.29, 0.717) is 0 Å². The fourth-order valence-corrected chi connectivity index (χ4v) is 2.49. The maximum atomic E-state index is 12.1. The lowest BCUT2D eigenvalue weighted by Crippen LogP contribution is -2.17. The highest BCUT2D eigenvalue weighted by molar-refractivity contribution is 7.90. The number of carbonyl (C=O) groups is 1. The largest absolute Gasteiger partial charge is 0.573 e. The summed E-state index contributed by atoms with van der Waals surface area (Å²) in [6.07, 6.45) is -2.85. The van der Waals surface area contributed by atoms with Crippen LogP contribution in [0.15, 0.2) is 41.4 Å². The van der Waals surface area contributed by atoms with Crippen LogP contribution in [0.5, 0.6) is 5.75 Å². The minimum Gasteiger partial charge on any atom is -0.406 e. The summed E-state index contributed by atoms with van der Waals surface area (Å²) in [6, 6.07) is 5.41.